The molecule has 0 atom stereocenters. The molecule has 1 aromatic carbocycles. The van der Waals surface area contributed by atoms with Crippen molar-refractivity contribution >= 4 is 11.8 Å². The molecule has 0 aliphatic carbocycles. The van der Waals surface area contributed by atoms with Crippen LogP contribution in [0.4, 0.5) is 0 Å². The molecule has 0 saturated carbocycles. The van der Waals surface area contributed by atoms with E-state index in [1.54, 1.807) is 22.5 Å². The zero-order valence-electron chi connectivity index (χ0n) is 9.09. The molecule has 0 fully saturated rings. The number of aromatic nitrogens is 1. The Morgan fingerprint density at radius 3 is 2.56 bits per heavy atom. The summed E-state index contributed by atoms with van der Waals surface area (Å²) in [5.41, 5.74) is 0.964. The maximum absolute atomic E-state index is 12.1. The molecule has 16 heavy (non-hydrogen) atoms. The van der Waals surface area contributed by atoms with Gasteiger partial charge in [0.15, 0.2) is 0 Å². The molecule has 2 nitrogen and oxygen atoms in total. The van der Waals surface area contributed by atoms with Crippen molar-refractivity contribution in [3.05, 3.63) is 59.0 Å². The van der Waals surface area contributed by atoms with E-state index in [2.05, 4.69) is 0 Å². The molecule has 3 heteroatoms. The Balaban J connectivity index is 2.51. The van der Waals surface area contributed by atoms with E-state index in [1.807, 2.05) is 49.4 Å². The second kappa shape index (κ2) is 5.03. The van der Waals surface area contributed by atoms with Crippen molar-refractivity contribution in [3.63, 3.8) is 0 Å². The zero-order valence-corrected chi connectivity index (χ0v) is 9.91. The van der Waals surface area contributed by atoms with Gasteiger partial charge in [-0.25, -0.2) is 0 Å². The summed E-state index contributed by atoms with van der Waals surface area (Å²) in [6, 6.07) is 13.5. The molecule has 0 amide bonds. The highest BCUT2D eigenvalue weighted by atomic mass is 32.2. The monoisotopic (exact) mass is 231 g/mol. The minimum atomic E-state index is 0.0561. The van der Waals surface area contributed by atoms with Crippen molar-refractivity contribution < 1.29 is 0 Å². The highest BCUT2D eigenvalue weighted by Crippen LogP contribution is 2.13. The fraction of sp³-hybridized carbons (Fsp3) is 0.154. The summed E-state index contributed by atoms with van der Waals surface area (Å²) in [7, 11) is 0. The molecule has 0 spiro atoms. The van der Waals surface area contributed by atoms with Gasteiger partial charge in [-0.05, 0) is 30.0 Å². The standard InChI is InChI=1S/C13H13NOS/c1-2-16-12-9-6-10-14(13(12)15)11-7-4-3-5-8-11/h3-10H,2H2,1H3. The van der Waals surface area contributed by atoms with Gasteiger partial charge >= 0.3 is 0 Å². The van der Waals surface area contributed by atoms with E-state index < -0.39 is 0 Å². The van der Waals surface area contributed by atoms with Crippen LogP contribution in [-0.2, 0) is 0 Å². The Kier molecular flexibility index (Phi) is 3.47. The van der Waals surface area contributed by atoms with Gasteiger partial charge in [0.05, 0.1) is 4.90 Å². The molecule has 0 aliphatic rings. The second-order valence-corrected chi connectivity index (χ2v) is 4.62. The smallest absolute Gasteiger partial charge is 0.268 e. The third-order valence-electron chi connectivity index (χ3n) is 2.25. The highest BCUT2D eigenvalue weighted by Gasteiger charge is 2.03. The van der Waals surface area contributed by atoms with Crippen LogP contribution in [0.3, 0.4) is 0 Å². The van der Waals surface area contributed by atoms with Gasteiger partial charge in [0, 0.05) is 11.9 Å². The number of nitrogens with zero attached hydrogens (tertiary/aromatic N) is 1. The third kappa shape index (κ3) is 2.19. The molecular formula is C13H13NOS. The average Bonchev–Trinajstić information content (AvgIpc) is 2.33. The summed E-state index contributed by atoms with van der Waals surface area (Å²) >= 11 is 1.58. The van der Waals surface area contributed by atoms with Crippen molar-refractivity contribution in [2.24, 2.45) is 0 Å². The minimum absolute atomic E-state index is 0.0561. The lowest BCUT2D eigenvalue weighted by molar-refractivity contribution is 0.948. The SMILES string of the molecule is CCSc1cccn(-c2ccccc2)c1=O. The van der Waals surface area contributed by atoms with Gasteiger partial charge < -0.3 is 0 Å². The molecule has 82 valence electrons. The summed E-state index contributed by atoms with van der Waals surface area (Å²) < 4.78 is 1.68. The minimum Gasteiger partial charge on any atom is -0.283 e. The van der Waals surface area contributed by atoms with Gasteiger partial charge in [-0.15, -0.1) is 11.8 Å². The highest BCUT2D eigenvalue weighted by molar-refractivity contribution is 7.99. The predicted molar refractivity (Wildman–Crippen MR) is 68.4 cm³/mol. The van der Waals surface area contributed by atoms with E-state index >= 15 is 0 Å². The Morgan fingerprint density at radius 1 is 1.12 bits per heavy atom. The van der Waals surface area contributed by atoms with Crippen molar-refractivity contribution in [1.82, 2.24) is 4.57 Å². The number of hydrogen-bond acceptors (Lipinski definition) is 2. The lowest BCUT2D eigenvalue weighted by atomic mass is 10.3. The Bertz CT molecular complexity index is 519. The molecule has 1 aromatic heterocycles. The molecule has 0 radical (unpaired) electrons. The van der Waals surface area contributed by atoms with E-state index in [1.165, 1.54) is 0 Å². The summed E-state index contributed by atoms with van der Waals surface area (Å²) in [6.45, 7) is 2.05. The largest absolute Gasteiger partial charge is 0.283 e. The van der Waals surface area contributed by atoms with Crippen molar-refractivity contribution in [3.8, 4) is 5.69 Å². The molecule has 2 rings (SSSR count). The molecule has 0 saturated heterocycles. The van der Waals surface area contributed by atoms with Crippen LogP contribution < -0.4 is 5.56 Å². The third-order valence-corrected chi connectivity index (χ3v) is 3.16. The fourth-order valence-electron chi connectivity index (χ4n) is 1.53. The fourth-order valence-corrected chi connectivity index (χ4v) is 2.24. The number of thioether (sulfide) groups is 1. The number of benzene rings is 1. The van der Waals surface area contributed by atoms with E-state index in [0.29, 0.717) is 0 Å². The normalized spacial score (nSPS) is 10.3. The van der Waals surface area contributed by atoms with Gasteiger partial charge in [-0.3, -0.25) is 9.36 Å². The number of pyridine rings is 1. The van der Waals surface area contributed by atoms with E-state index in [0.717, 1.165) is 16.3 Å². The molecule has 0 N–H and O–H groups in total. The average molecular weight is 231 g/mol. The van der Waals surface area contributed by atoms with Crippen LogP contribution in [0.25, 0.3) is 5.69 Å². The van der Waals surface area contributed by atoms with Crippen LogP contribution in [-0.4, -0.2) is 10.3 Å². The van der Waals surface area contributed by atoms with E-state index in [9.17, 15) is 4.79 Å². The molecule has 0 unspecified atom stereocenters. The second-order valence-electron chi connectivity index (χ2n) is 3.32. The lowest BCUT2D eigenvalue weighted by Crippen LogP contribution is -2.18. The van der Waals surface area contributed by atoms with Gasteiger partial charge in [0.2, 0.25) is 0 Å². The first-order valence-corrected chi connectivity index (χ1v) is 6.21. The van der Waals surface area contributed by atoms with Gasteiger partial charge in [0.25, 0.3) is 5.56 Å². The lowest BCUT2D eigenvalue weighted by Gasteiger charge is -2.06. The molecule has 0 aliphatic heterocycles. The van der Waals surface area contributed by atoms with Crippen LogP contribution in [0, 0.1) is 0 Å². The van der Waals surface area contributed by atoms with Gasteiger partial charge in [-0.2, -0.15) is 0 Å². The quantitative estimate of drug-likeness (QED) is 0.758. The molecule has 0 bridgehead atoms. The van der Waals surface area contributed by atoms with Crippen molar-refractivity contribution in [1.29, 1.82) is 0 Å². The van der Waals surface area contributed by atoms with Crippen LogP contribution >= 0.6 is 11.8 Å². The first kappa shape index (κ1) is 11.0. The molecule has 1 heterocycles. The Hall–Kier alpha value is -1.48. The summed E-state index contributed by atoms with van der Waals surface area (Å²) in [5, 5.41) is 0. The summed E-state index contributed by atoms with van der Waals surface area (Å²) in [5.74, 6) is 0.911. The summed E-state index contributed by atoms with van der Waals surface area (Å²) in [6.07, 6.45) is 1.80. The molecular weight excluding hydrogens is 218 g/mol. The van der Waals surface area contributed by atoms with Gasteiger partial charge in [0.1, 0.15) is 0 Å². The zero-order chi connectivity index (χ0) is 11.4. The Morgan fingerprint density at radius 2 is 1.88 bits per heavy atom. The van der Waals surface area contributed by atoms with Crippen LogP contribution in [0.1, 0.15) is 6.92 Å². The van der Waals surface area contributed by atoms with Crippen LogP contribution in [0.2, 0.25) is 0 Å². The Labute approximate surface area is 98.9 Å². The predicted octanol–water partition coefficient (Wildman–Crippen LogP) is 2.95. The van der Waals surface area contributed by atoms with Crippen molar-refractivity contribution in [2.75, 3.05) is 5.75 Å². The first-order valence-electron chi connectivity index (χ1n) is 5.23. The summed E-state index contributed by atoms with van der Waals surface area (Å²) in [4.78, 5) is 12.9. The maximum atomic E-state index is 12.1. The number of hydrogen-bond donors (Lipinski definition) is 0. The van der Waals surface area contributed by atoms with Crippen LogP contribution in [0.15, 0.2) is 58.4 Å². The first-order chi connectivity index (χ1) is 7.83. The number of para-hydroxylation sites is 1. The van der Waals surface area contributed by atoms with Crippen molar-refractivity contribution in [2.45, 2.75) is 11.8 Å². The van der Waals surface area contributed by atoms with E-state index in [-0.39, 0.29) is 5.56 Å². The maximum Gasteiger partial charge on any atom is 0.268 e. The molecule has 2 aromatic rings. The van der Waals surface area contributed by atoms with Crippen LogP contribution in [0.5, 0.6) is 0 Å². The van der Waals surface area contributed by atoms with E-state index in [4.69, 9.17) is 0 Å². The topological polar surface area (TPSA) is 22.0 Å². The van der Waals surface area contributed by atoms with Gasteiger partial charge in [-0.1, -0.05) is 25.1 Å². The number of rotatable bonds is 3.